The minimum atomic E-state index is -1.27. The van der Waals surface area contributed by atoms with Crippen molar-refractivity contribution < 1.29 is 19.4 Å². The van der Waals surface area contributed by atoms with Gasteiger partial charge in [-0.05, 0) is 6.92 Å². The van der Waals surface area contributed by atoms with Gasteiger partial charge in [-0.2, -0.15) is 0 Å². The van der Waals surface area contributed by atoms with Crippen LogP contribution in [-0.2, 0) is 14.3 Å². The predicted octanol–water partition coefficient (Wildman–Crippen LogP) is 1.38. The van der Waals surface area contributed by atoms with Crippen molar-refractivity contribution in [3.8, 4) is 11.3 Å². The average molecular weight is 355 g/mol. The molecule has 1 fully saturated rings. The van der Waals surface area contributed by atoms with E-state index in [1.807, 2.05) is 37.3 Å². The van der Waals surface area contributed by atoms with E-state index in [4.69, 9.17) is 4.74 Å². The maximum absolute atomic E-state index is 12.6. The number of ether oxygens (including phenoxy) is 1. The third kappa shape index (κ3) is 2.75. The van der Waals surface area contributed by atoms with Crippen LogP contribution in [0.4, 0.5) is 5.13 Å². The number of thiazole rings is 1. The molecule has 2 aliphatic rings. The van der Waals surface area contributed by atoms with Gasteiger partial charge < -0.3 is 20.0 Å². The number of nitrogens with zero attached hydrogens (tertiary/aromatic N) is 1. The Hall–Kier alpha value is -2.51. The molecule has 0 spiro atoms. The lowest BCUT2D eigenvalue weighted by molar-refractivity contribution is -0.313. The summed E-state index contributed by atoms with van der Waals surface area (Å²) in [6, 6.07) is 9.69. The zero-order valence-electron chi connectivity index (χ0n) is 13.3. The molecule has 1 aromatic heterocycles. The lowest BCUT2D eigenvalue weighted by Gasteiger charge is -2.24. The molecule has 0 saturated carbocycles. The molecule has 2 bridgehead atoms. The molecule has 0 radical (unpaired) electrons. The van der Waals surface area contributed by atoms with Gasteiger partial charge in [-0.1, -0.05) is 42.5 Å². The molecular formula is C18H15N2O4S-. The van der Waals surface area contributed by atoms with Crippen LogP contribution in [0.1, 0.15) is 4.88 Å². The average Bonchev–Trinajstić information content (AvgIpc) is 3.29. The summed E-state index contributed by atoms with van der Waals surface area (Å²) in [6.07, 6.45) is 2.29. The molecule has 1 amide bonds. The first-order chi connectivity index (χ1) is 12.0. The second kappa shape index (κ2) is 6.09. The Kier molecular flexibility index (Phi) is 3.89. The van der Waals surface area contributed by atoms with Crippen molar-refractivity contribution in [2.75, 3.05) is 5.32 Å². The Morgan fingerprint density at radius 2 is 1.84 bits per heavy atom. The Labute approximate surface area is 148 Å². The summed E-state index contributed by atoms with van der Waals surface area (Å²) in [5.74, 6) is -3.44. The normalized spacial score (nSPS) is 26.8. The maximum Gasteiger partial charge on any atom is 0.233 e. The Morgan fingerprint density at radius 3 is 2.52 bits per heavy atom. The molecule has 2 aliphatic heterocycles. The Morgan fingerprint density at radius 1 is 1.16 bits per heavy atom. The van der Waals surface area contributed by atoms with Gasteiger partial charge in [-0.15, -0.1) is 11.3 Å². The number of amides is 1. The smallest absolute Gasteiger partial charge is 0.233 e. The molecule has 128 valence electrons. The number of carbonyl (C=O) groups is 2. The fourth-order valence-corrected chi connectivity index (χ4v) is 4.24. The summed E-state index contributed by atoms with van der Waals surface area (Å²) in [4.78, 5) is 29.5. The molecule has 7 heteroatoms. The van der Waals surface area contributed by atoms with Gasteiger partial charge in [0.15, 0.2) is 5.13 Å². The molecular weight excluding hydrogens is 340 g/mol. The summed E-state index contributed by atoms with van der Waals surface area (Å²) in [7, 11) is 0. The lowest BCUT2D eigenvalue weighted by atomic mass is 9.82. The van der Waals surface area contributed by atoms with E-state index < -0.39 is 35.9 Å². The standard InChI is InChI=1S/C18H16N2O4S/c1-9-15(10-5-3-2-4-6-10)19-18(25-9)20-16(21)13-11-7-8-12(24-11)14(13)17(22)23/h2-8,11-14H,1H3,(H,22,23)(H,19,20,21)/p-1/t11-,12+,13+,14+/m1/s1. The molecule has 1 aromatic carbocycles. The first-order valence-electron chi connectivity index (χ1n) is 7.93. The van der Waals surface area contributed by atoms with Crippen LogP contribution in [0.2, 0.25) is 0 Å². The highest BCUT2D eigenvalue weighted by molar-refractivity contribution is 7.16. The fourth-order valence-electron chi connectivity index (χ4n) is 3.40. The number of aliphatic carboxylic acids is 1. The highest BCUT2D eigenvalue weighted by atomic mass is 32.1. The number of hydrogen-bond donors (Lipinski definition) is 1. The molecule has 2 aromatic rings. The third-order valence-electron chi connectivity index (χ3n) is 4.55. The second-order valence-corrected chi connectivity index (χ2v) is 7.30. The summed E-state index contributed by atoms with van der Waals surface area (Å²) < 4.78 is 5.51. The summed E-state index contributed by atoms with van der Waals surface area (Å²) >= 11 is 1.36. The molecule has 1 N–H and O–H groups in total. The lowest BCUT2D eigenvalue weighted by Crippen LogP contribution is -2.45. The third-order valence-corrected chi connectivity index (χ3v) is 5.43. The number of aryl methyl sites for hydroxylation is 1. The van der Waals surface area contributed by atoms with Crippen molar-refractivity contribution in [3.63, 3.8) is 0 Å². The highest BCUT2D eigenvalue weighted by Crippen LogP contribution is 2.40. The van der Waals surface area contributed by atoms with Gasteiger partial charge >= 0.3 is 0 Å². The van der Waals surface area contributed by atoms with Crippen LogP contribution in [0, 0.1) is 18.8 Å². The molecule has 0 unspecified atom stereocenters. The molecule has 4 atom stereocenters. The van der Waals surface area contributed by atoms with Crippen molar-refractivity contribution in [3.05, 3.63) is 47.4 Å². The zero-order chi connectivity index (χ0) is 17.6. The monoisotopic (exact) mass is 355 g/mol. The van der Waals surface area contributed by atoms with Crippen molar-refractivity contribution in [1.29, 1.82) is 0 Å². The number of carboxylic acid groups (broad SMARTS) is 1. The number of rotatable bonds is 4. The zero-order valence-corrected chi connectivity index (χ0v) is 14.2. The van der Waals surface area contributed by atoms with Gasteiger partial charge in [0.1, 0.15) is 0 Å². The van der Waals surface area contributed by atoms with Gasteiger partial charge in [0.25, 0.3) is 0 Å². The minimum absolute atomic E-state index is 0.403. The van der Waals surface area contributed by atoms with E-state index in [1.165, 1.54) is 11.3 Å². The molecule has 0 aliphatic carbocycles. The summed E-state index contributed by atoms with van der Waals surface area (Å²) in [5, 5.41) is 14.6. The van der Waals surface area contributed by atoms with E-state index in [0.717, 1.165) is 16.1 Å². The van der Waals surface area contributed by atoms with Crippen molar-refractivity contribution in [2.45, 2.75) is 19.1 Å². The van der Waals surface area contributed by atoms with Crippen LogP contribution < -0.4 is 10.4 Å². The van der Waals surface area contributed by atoms with Crippen LogP contribution in [0.25, 0.3) is 11.3 Å². The first-order valence-corrected chi connectivity index (χ1v) is 8.74. The van der Waals surface area contributed by atoms with E-state index in [9.17, 15) is 14.7 Å². The number of hydrogen-bond acceptors (Lipinski definition) is 6. The quantitative estimate of drug-likeness (QED) is 0.837. The first kappa shape index (κ1) is 16.0. The fraction of sp³-hybridized carbons (Fsp3) is 0.278. The SMILES string of the molecule is Cc1sc(NC(=O)[C@@H]2[C@@H](C(=O)[O-])[C@@H]3C=C[C@H]2O3)nc1-c1ccccc1. The maximum atomic E-state index is 12.6. The van der Waals surface area contributed by atoms with Crippen LogP contribution in [0.5, 0.6) is 0 Å². The highest BCUT2D eigenvalue weighted by Gasteiger charge is 2.50. The van der Waals surface area contributed by atoms with E-state index in [2.05, 4.69) is 10.3 Å². The number of benzene rings is 1. The number of carbonyl (C=O) groups excluding carboxylic acids is 2. The number of nitrogens with one attached hydrogen (secondary N) is 1. The van der Waals surface area contributed by atoms with Gasteiger partial charge in [-0.25, -0.2) is 4.98 Å². The summed E-state index contributed by atoms with van der Waals surface area (Å²) in [5.41, 5.74) is 1.77. The minimum Gasteiger partial charge on any atom is -0.550 e. The number of aromatic nitrogens is 1. The van der Waals surface area contributed by atoms with Gasteiger partial charge in [0.2, 0.25) is 5.91 Å². The topological polar surface area (TPSA) is 91.4 Å². The van der Waals surface area contributed by atoms with Gasteiger partial charge in [0, 0.05) is 22.3 Å². The number of carboxylic acids is 1. The Balaban J connectivity index is 1.56. The second-order valence-electron chi connectivity index (χ2n) is 6.10. The molecule has 25 heavy (non-hydrogen) atoms. The van der Waals surface area contributed by atoms with Gasteiger partial charge in [0.05, 0.1) is 23.8 Å². The van der Waals surface area contributed by atoms with E-state index in [1.54, 1.807) is 12.2 Å². The van der Waals surface area contributed by atoms with Crippen molar-refractivity contribution in [1.82, 2.24) is 4.98 Å². The molecule has 4 rings (SSSR count). The van der Waals surface area contributed by atoms with Crippen LogP contribution in [-0.4, -0.2) is 29.1 Å². The van der Waals surface area contributed by atoms with E-state index in [0.29, 0.717) is 5.13 Å². The summed E-state index contributed by atoms with van der Waals surface area (Å²) in [6.45, 7) is 1.93. The van der Waals surface area contributed by atoms with Crippen LogP contribution in [0.3, 0.4) is 0 Å². The Bertz CT molecular complexity index is 861. The molecule has 3 heterocycles. The van der Waals surface area contributed by atoms with Crippen molar-refractivity contribution >= 4 is 28.3 Å². The predicted molar refractivity (Wildman–Crippen MR) is 90.7 cm³/mol. The molecule has 6 nitrogen and oxygen atoms in total. The number of anilines is 1. The number of fused-ring (bicyclic) bond motifs is 2. The van der Waals surface area contributed by atoms with Gasteiger partial charge in [-0.3, -0.25) is 4.79 Å². The largest absolute Gasteiger partial charge is 0.550 e. The molecule has 1 saturated heterocycles. The van der Waals surface area contributed by atoms with Crippen molar-refractivity contribution in [2.24, 2.45) is 11.8 Å². The van der Waals surface area contributed by atoms with Crippen LogP contribution in [0.15, 0.2) is 42.5 Å². The van der Waals surface area contributed by atoms with Crippen LogP contribution >= 0.6 is 11.3 Å². The van der Waals surface area contributed by atoms with E-state index in [-0.39, 0.29) is 0 Å². The van der Waals surface area contributed by atoms with E-state index >= 15 is 0 Å².